The number of allylic oxidation sites excluding steroid dienone is 1. The minimum absolute atomic E-state index is 0.368. The molecule has 1 saturated heterocycles. The van der Waals surface area contributed by atoms with Gasteiger partial charge in [0.1, 0.15) is 0 Å². The molecule has 0 aromatic heterocycles. The van der Waals surface area contributed by atoms with Gasteiger partial charge in [-0.15, -0.1) is 0 Å². The fourth-order valence-corrected chi connectivity index (χ4v) is 2.09. The molecule has 1 heterocycles. The van der Waals surface area contributed by atoms with Gasteiger partial charge in [-0.1, -0.05) is 0 Å². The summed E-state index contributed by atoms with van der Waals surface area (Å²) in [5.74, 6) is -3.06. The lowest BCUT2D eigenvalue weighted by Crippen LogP contribution is -2.33. The molecule has 1 saturated carbocycles. The number of ether oxygens (including phenoxy) is 2. The molecule has 2 fully saturated rings. The zero-order valence-corrected chi connectivity index (χ0v) is 8.29. The van der Waals surface area contributed by atoms with Crippen LogP contribution in [0, 0.1) is 0 Å². The lowest BCUT2D eigenvalue weighted by atomic mass is 9.89. The maximum atomic E-state index is 13.1. The van der Waals surface area contributed by atoms with Crippen LogP contribution in [0.25, 0.3) is 0 Å². The van der Waals surface area contributed by atoms with E-state index >= 15 is 0 Å². The predicted molar refractivity (Wildman–Crippen MR) is 48.9 cm³/mol. The molecule has 0 amide bonds. The Morgan fingerprint density at radius 3 is 2.27 bits per heavy atom. The van der Waals surface area contributed by atoms with Crippen molar-refractivity contribution in [3.05, 3.63) is 11.4 Å². The second-order valence-corrected chi connectivity index (χ2v) is 3.83. The summed E-state index contributed by atoms with van der Waals surface area (Å²) in [5, 5.41) is 8.50. The van der Waals surface area contributed by atoms with Crippen molar-refractivity contribution in [3.63, 3.8) is 0 Å². The number of rotatable bonds is 1. The molecule has 0 unspecified atom stereocenters. The molecule has 1 aliphatic heterocycles. The van der Waals surface area contributed by atoms with Gasteiger partial charge in [-0.2, -0.15) is 4.39 Å². The molecule has 1 N–H and O–H groups in total. The third-order valence-electron chi connectivity index (χ3n) is 2.93. The van der Waals surface area contributed by atoms with Crippen LogP contribution in [0.4, 0.5) is 4.39 Å². The van der Waals surface area contributed by atoms with Crippen LogP contribution in [0.1, 0.15) is 25.7 Å². The van der Waals surface area contributed by atoms with E-state index in [-0.39, 0.29) is 0 Å². The number of hydrogen-bond acceptors (Lipinski definition) is 3. The summed E-state index contributed by atoms with van der Waals surface area (Å²) in [5.41, 5.74) is 0.368. The molecule has 0 bridgehead atoms. The second-order valence-electron chi connectivity index (χ2n) is 3.83. The Kier molecular flexibility index (Phi) is 2.75. The van der Waals surface area contributed by atoms with E-state index in [9.17, 15) is 9.18 Å². The molecular formula is C10H13FO4. The van der Waals surface area contributed by atoms with Gasteiger partial charge in [-0.25, -0.2) is 4.79 Å². The smallest absolute Gasteiger partial charge is 0.364 e. The number of halogens is 1. The van der Waals surface area contributed by atoms with Gasteiger partial charge < -0.3 is 14.6 Å². The summed E-state index contributed by atoms with van der Waals surface area (Å²) < 4.78 is 24.0. The van der Waals surface area contributed by atoms with Crippen LogP contribution >= 0.6 is 0 Å². The van der Waals surface area contributed by atoms with Crippen LogP contribution in [0.15, 0.2) is 11.4 Å². The van der Waals surface area contributed by atoms with Crippen molar-refractivity contribution in [2.75, 3.05) is 13.2 Å². The number of hydrogen-bond donors (Lipinski definition) is 1. The molecule has 1 spiro atoms. The Bertz CT molecular complexity index is 293. The zero-order valence-electron chi connectivity index (χ0n) is 8.29. The van der Waals surface area contributed by atoms with Crippen molar-refractivity contribution in [2.24, 2.45) is 0 Å². The van der Waals surface area contributed by atoms with Crippen molar-refractivity contribution >= 4 is 5.97 Å². The summed E-state index contributed by atoms with van der Waals surface area (Å²) in [7, 11) is 0. The number of carboxylic acids is 1. The summed E-state index contributed by atoms with van der Waals surface area (Å²) >= 11 is 0. The van der Waals surface area contributed by atoms with E-state index in [0.29, 0.717) is 44.5 Å². The van der Waals surface area contributed by atoms with Gasteiger partial charge in [0.05, 0.1) is 13.2 Å². The zero-order chi connectivity index (χ0) is 10.9. The average molecular weight is 216 g/mol. The van der Waals surface area contributed by atoms with Crippen LogP contribution < -0.4 is 0 Å². The minimum atomic E-state index is -1.48. The third-order valence-corrected chi connectivity index (χ3v) is 2.93. The molecule has 1 aliphatic carbocycles. The molecule has 0 atom stereocenters. The first-order chi connectivity index (χ1) is 7.13. The van der Waals surface area contributed by atoms with E-state index in [1.54, 1.807) is 0 Å². The van der Waals surface area contributed by atoms with E-state index in [1.807, 2.05) is 0 Å². The molecule has 0 aromatic carbocycles. The summed E-state index contributed by atoms with van der Waals surface area (Å²) in [6.45, 7) is 1.14. The molecular weight excluding hydrogens is 203 g/mol. The molecule has 84 valence electrons. The molecule has 15 heavy (non-hydrogen) atoms. The number of carbonyl (C=O) groups is 1. The predicted octanol–water partition coefficient (Wildman–Crippen LogP) is 1.61. The van der Waals surface area contributed by atoms with Crippen LogP contribution in [-0.2, 0) is 14.3 Å². The maximum Gasteiger partial charge on any atom is 0.364 e. The monoisotopic (exact) mass is 216 g/mol. The highest BCUT2D eigenvalue weighted by atomic mass is 19.1. The van der Waals surface area contributed by atoms with Crippen molar-refractivity contribution in [1.29, 1.82) is 0 Å². The van der Waals surface area contributed by atoms with Crippen molar-refractivity contribution in [2.45, 2.75) is 31.5 Å². The van der Waals surface area contributed by atoms with Crippen LogP contribution in [0.3, 0.4) is 0 Å². The van der Waals surface area contributed by atoms with Gasteiger partial charge in [0.25, 0.3) is 0 Å². The topological polar surface area (TPSA) is 55.8 Å². The second kappa shape index (κ2) is 3.90. The van der Waals surface area contributed by atoms with E-state index in [2.05, 4.69) is 0 Å². The van der Waals surface area contributed by atoms with Gasteiger partial charge in [0, 0.05) is 12.8 Å². The SMILES string of the molecule is O=C(O)C(F)=C1CCC2(CC1)OCCO2. The van der Waals surface area contributed by atoms with Gasteiger partial charge in [0.2, 0.25) is 5.83 Å². The largest absolute Gasteiger partial charge is 0.476 e. The van der Waals surface area contributed by atoms with Gasteiger partial charge in [0.15, 0.2) is 5.79 Å². The molecule has 2 aliphatic rings. The van der Waals surface area contributed by atoms with E-state index in [4.69, 9.17) is 14.6 Å². The summed E-state index contributed by atoms with van der Waals surface area (Å²) in [6.07, 6.45) is 1.89. The Balaban J connectivity index is 2.03. The summed E-state index contributed by atoms with van der Waals surface area (Å²) in [6, 6.07) is 0. The number of aliphatic carboxylic acids is 1. The summed E-state index contributed by atoms with van der Waals surface area (Å²) in [4.78, 5) is 10.4. The Hall–Kier alpha value is -0.940. The first-order valence-electron chi connectivity index (χ1n) is 5.02. The molecule has 0 radical (unpaired) electrons. The molecule has 2 rings (SSSR count). The minimum Gasteiger partial charge on any atom is -0.476 e. The first kappa shape index (κ1) is 10.6. The Morgan fingerprint density at radius 2 is 1.80 bits per heavy atom. The maximum absolute atomic E-state index is 13.1. The fourth-order valence-electron chi connectivity index (χ4n) is 2.09. The van der Waals surface area contributed by atoms with Crippen molar-refractivity contribution < 1.29 is 23.8 Å². The fraction of sp³-hybridized carbons (Fsp3) is 0.700. The Labute approximate surface area is 86.7 Å². The third kappa shape index (κ3) is 2.03. The Morgan fingerprint density at radius 1 is 1.27 bits per heavy atom. The van der Waals surface area contributed by atoms with Crippen molar-refractivity contribution in [3.8, 4) is 0 Å². The molecule has 0 aromatic rings. The number of carboxylic acid groups (broad SMARTS) is 1. The van der Waals surface area contributed by atoms with Crippen molar-refractivity contribution in [1.82, 2.24) is 0 Å². The van der Waals surface area contributed by atoms with E-state index < -0.39 is 17.6 Å². The highest BCUT2D eigenvalue weighted by molar-refractivity contribution is 5.84. The highest BCUT2D eigenvalue weighted by Crippen LogP contribution is 2.39. The first-order valence-corrected chi connectivity index (χ1v) is 5.02. The lowest BCUT2D eigenvalue weighted by Gasteiger charge is -2.32. The lowest BCUT2D eigenvalue weighted by molar-refractivity contribution is -0.172. The normalized spacial score (nSPS) is 24.5. The van der Waals surface area contributed by atoms with Crippen LogP contribution in [0.5, 0.6) is 0 Å². The average Bonchev–Trinajstić information content (AvgIpc) is 2.67. The van der Waals surface area contributed by atoms with Gasteiger partial charge >= 0.3 is 5.97 Å². The quantitative estimate of drug-likeness (QED) is 0.676. The van der Waals surface area contributed by atoms with Crippen LogP contribution in [0.2, 0.25) is 0 Å². The van der Waals surface area contributed by atoms with E-state index in [0.717, 1.165) is 0 Å². The molecule has 4 nitrogen and oxygen atoms in total. The van der Waals surface area contributed by atoms with E-state index in [1.165, 1.54) is 0 Å². The standard InChI is InChI=1S/C10H13FO4/c11-8(9(12)13)7-1-3-10(4-2-7)14-5-6-15-10/h1-6H2,(H,12,13). The van der Waals surface area contributed by atoms with Gasteiger partial charge in [-0.3, -0.25) is 0 Å². The van der Waals surface area contributed by atoms with Gasteiger partial charge in [-0.05, 0) is 18.4 Å². The van der Waals surface area contributed by atoms with Crippen LogP contribution in [-0.4, -0.2) is 30.1 Å². The molecule has 5 heteroatoms. The highest BCUT2D eigenvalue weighted by Gasteiger charge is 2.39.